The van der Waals surface area contributed by atoms with E-state index in [4.69, 9.17) is 4.74 Å². The van der Waals surface area contributed by atoms with Crippen LogP contribution in [0.15, 0.2) is 24.3 Å². The third kappa shape index (κ3) is 2.34. The Morgan fingerprint density at radius 3 is 2.53 bits per heavy atom. The van der Waals surface area contributed by atoms with Gasteiger partial charge in [-0.3, -0.25) is 4.79 Å². The zero-order valence-corrected chi connectivity index (χ0v) is 11.6. The average Bonchev–Trinajstić information content (AvgIpc) is 2.96. The minimum absolute atomic E-state index is 0.229. The maximum atomic E-state index is 11.4. The van der Waals surface area contributed by atoms with Crippen molar-refractivity contribution in [2.75, 3.05) is 20.2 Å². The average molecular weight is 259 g/mol. The van der Waals surface area contributed by atoms with Crippen LogP contribution >= 0.6 is 0 Å². The van der Waals surface area contributed by atoms with Gasteiger partial charge in [0, 0.05) is 20.0 Å². The van der Waals surface area contributed by atoms with Crippen molar-refractivity contribution in [3.8, 4) is 5.75 Å². The second-order valence-corrected chi connectivity index (χ2v) is 5.89. The second kappa shape index (κ2) is 4.87. The predicted octanol–water partition coefficient (Wildman–Crippen LogP) is 2.67. The van der Waals surface area contributed by atoms with E-state index in [2.05, 4.69) is 18.2 Å². The Hall–Kier alpha value is -1.51. The molecule has 1 aromatic rings. The third-order valence-corrected chi connectivity index (χ3v) is 4.76. The lowest BCUT2D eigenvalue weighted by molar-refractivity contribution is -0.128. The van der Waals surface area contributed by atoms with Gasteiger partial charge in [-0.05, 0) is 48.3 Å². The van der Waals surface area contributed by atoms with Gasteiger partial charge in [0.15, 0.2) is 0 Å². The SMILES string of the molecule is COc1cccc(C2CC3CN(C(C)=O)CC3C2)c1. The molecule has 0 bridgehead atoms. The summed E-state index contributed by atoms with van der Waals surface area (Å²) in [5.41, 5.74) is 1.39. The summed E-state index contributed by atoms with van der Waals surface area (Å²) in [5, 5.41) is 0. The molecule has 3 nitrogen and oxygen atoms in total. The number of carbonyl (C=O) groups excluding carboxylic acids is 1. The molecule has 1 aromatic carbocycles. The van der Waals surface area contributed by atoms with Crippen molar-refractivity contribution in [1.82, 2.24) is 4.90 Å². The van der Waals surface area contributed by atoms with E-state index in [0.29, 0.717) is 17.8 Å². The number of hydrogen-bond donors (Lipinski definition) is 0. The molecule has 2 fully saturated rings. The molecule has 1 heterocycles. The lowest BCUT2D eigenvalue weighted by atomic mass is 9.95. The van der Waals surface area contributed by atoms with E-state index in [0.717, 1.165) is 18.8 Å². The molecule has 102 valence electrons. The predicted molar refractivity (Wildman–Crippen MR) is 74.2 cm³/mol. The van der Waals surface area contributed by atoms with Crippen LogP contribution in [-0.4, -0.2) is 31.0 Å². The Kier molecular flexibility index (Phi) is 3.21. The second-order valence-electron chi connectivity index (χ2n) is 5.89. The number of hydrogen-bond acceptors (Lipinski definition) is 2. The Balaban J connectivity index is 1.69. The van der Waals surface area contributed by atoms with Crippen molar-refractivity contribution in [3.63, 3.8) is 0 Å². The van der Waals surface area contributed by atoms with Gasteiger partial charge in [-0.1, -0.05) is 12.1 Å². The van der Waals surface area contributed by atoms with Gasteiger partial charge in [0.05, 0.1) is 7.11 Å². The van der Waals surface area contributed by atoms with Gasteiger partial charge in [0.1, 0.15) is 5.75 Å². The van der Waals surface area contributed by atoms with Crippen LogP contribution in [0.5, 0.6) is 5.75 Å². The first-order chi connectivity index (χ1) is 9.17. The number of likely N-dealkylation sites (tertiary alicyclic amines) is 1. The van der Waals surface area contributed by atoms with Crippen LogP contribution in [-0.2, 0) is 4.79 Å². The van der Waals surface area contributed by atoms with Crippen molar-refractivity contribution in [2.45, 2.75) is 25.7 Å². The molecule has 1 amide bonds. The minimum atomic E-state index is 0.229. The molecule has 2 unspecified atom stereocenters. The number of ether oxygens (including phenoxy) is 1. The quantitative estimate of drug-likeness (QED) is 0.817. The standard InChI is InChI=1S/C16H21NO2/c1-11(18)17-9-14-6-13(7-15(14)10-17)12-4-3-5-16(8-12)19-2/h3-5,8,13-15H,6-7,9-10H2,1-2H3. The molecule has 1 aliphatic heterocycles. The molecular weight excluding hydrogens is 238 g/mol. The van der Waals surface area contributed by atoms with Crippen molar-refractivity contribution in [2.24, 2.45) is 11.8 Å². The zero-order chi connectivity index (χ0) is 13.4. The lowest BCUT2D eigenvalue weighted by Gasteiger charge is -2.18. The smallest absolute Gasteiger partial charge is 0.219 e. The summed E-state index contributed by atoms with van der Waals surface area (Å²) in [4.78, 5) is 13.4. The summed E-state index contributed by atoms with van der Waals surface area (Å²) >= 11 is 0. The van der Waals surface area contributed by atoms with Crippen molar-refractivity contribution in [3.05, 3.63) is 29.8 Å². The fourth-order valence-electron chi connectivity index (χ4n) is 3.72. The van der Waals surface area contributed by atoms with Crippen LogP contribution < -0.4 is 4.74 Å². The highest BCUT2D eigenvalue weighted by atomic mass is 16.5. The first kappa shape index (κ1) is 12.5. The highest BCUT2D eigenvalue weighted by Gasteiger charge is 2.41. The lowest BCUT2D eigenvalue weighted by Crippen LogP contribution is -2.27. The van der Waals surface area contributed by atoms with Gasteiger partial charge < -0.3 is 9.64 Å². The molecule has 0 aromatic heterocycles. The zero-order valence-electron chi connectivity index (χ0n) is 11.6. The van der Waals surface area contributed by atoms with Crippen LogP contribution in [0.2, 0.25) is 0 Å². The molecular formula is C16H21NO2. The number of benzene rings is 1. The topological polar surface area (TPSA) is 29.5 Å². The molecule has 2 atom stereocenters. The summed E-state index contributed by atoms with van der Waals surface area (Å²) in [6.45, 7) is 3.60. The maximum Gasteiger partial charge on any atom is 0.219 e. The third-order valence-electron chi connectivity index (χ3n) is 4.76. The molecule has 1 saturated heterocycles. The highest BCUT2D eigenvalue weighted by Crippen LogP contribution is 2.46. The Morgan fingerprint density at radius 1 is 1.26 bits per heavy atom. The summed E-state index contributed by atoms with van der Waals surface area (Å²) in [6, 6.07) is 8.44. The molecule has 0 radical (unpaired) electrons. The first-order valence-electron chi connectivity index (χ1n) is 7.07. The Labute approximate surface area is 114 Å². The summed E-state index contributed by atoms with van der Waals surface area (Å²) in [6.07, 6.45) is 2.42. The summed E-state index contributed by atoms with van der Waals surface area (Å²) in [7, 11) is 1.72. The summed E-state index contributed by atoms with van der Waals surface area (Å²) < 4.78 is 5.30. The number of amides is 1. The first-order valence-corrected chi connectivity index (χ1v) is 7.07. The van der Waals surface area contributed by atoms with E-state index in [1.54, 1.807) is 14.0 Å². The van der Waals surface area contributed by atoms with Gasteiger partial charge in [0.2, 0.25) is 5.91 Å². The number of nitrogens with zero attached hydrogens (tertiary/aromatic N) is 1. The number of fused-ring (bicyclic) bond motifs is 1. The van der Waals surface area contributed by atoms with Crippen molar-refractivity contribution < 1.29 is 9.53 Å². The van der Waals surface area contributed by atoms with Crippen molar-refractivity contribution in [1.29, 1.82) is 0 Å². The van der Waals surface area contributed by atoms with Gasteiger partial charge in [0.25, 0.3) is 0 Å². The minimum Gasteiger partial charge on any atom is -0.497 e. The van der Waals surface area contributed by atoms with E-state index in [9.17, 15) is 4.79 Å². The van der Waals surface area contributed by atoms with Crippen LogP contribution in [0.4, 0.5) is 0 Å². The van der Waals surface area contributed by atoms with Gasteiger partial charge >= 0.3 is 0 Å². The number of carbonyl (C=O) groups is 1. The van der Waals surface area contributed by atoms with Gasteiger partial charge in [-0.2, -0.15) is 0 Å². The van der Waals surface area contributed by atoms with Gasteiger partial charge in [-0.15, -0.1) is 0 Å². The van der Waals surface area contributed by atoms with E-state index in [1.165, 1.54) is 18.4 Å². The van der Waals surface area contributed by atoms with Crippen LogP contribution in [0.3, 0.4) is 0 Å². The van der Waals surface area contributed by atoms with E-state index in [-0.39, 0.29) is 5.91 Å². The van der Waals surface area contributed by atoms with Crippen molar-refractivity contribution >= 4 is 5.91 Å². The van der Waals surface area contributed by atoms with Gasteiger partial charge in [-0.25, -0.2) is 0 Å². The van der Waals surface area contributed by atoms with Crippen LogP contribution in [0, 0.1) is 11.8 Å². The molecule has 3 heteroatoms. The molecule has 3 rings (SSSR count). The molecule has 0 N–H and O–H groups in total. The van der Waals surface area contributed by atoms with E-state index < -0.39 is 0 Å². The highest BCUT2D eigenvalue weighted by molar-refractivity contribution is 5.73. The Morgan fingerprint density at radius 2 is 1.95 bits per heavy atom. The number of rotatable bonds is 2. The summed E-state index contributed by atoms with van der Waals surface area (Å²) in [5.74, 6) is 3.20. The molecule has 19 heavy (non-hydrogen) atoms. The monoisotopic (exact) mass is 259 g/mol. The van der Waals surface area contributed by atoms with E-state index in [1.807, 2.05) is 11.0 Å². The maximum absolute atomic E-state index is 11.4. The normalized spacial score (nSPS) is 29.4. The van der Waals surface area contributed by atoms with Crippen LogP contribution in [0.1, 0.15) is 31.2 Å². The fraction of sp³-hybridized carbons (Fsp3) is 0.562. The number of methoxy groups -OCH3 is 1. The van der Waals surface area contributed by atoms with Crippen LogP contribution in [0.25, 0.3) is 0 Å². The molecule has 1 aliphatic carbocycles. The fourth-order valence-corrected chi connectivity index (χ4v) is 3.72. The molecule has 2 aliphatic rings. The molecule has 0 spiro atoms. The Bertz CT molecular complexity index is 471. The molecule has 1 saturated carbocycles. The largest absolute Gasteiger partial charge is 0.497 e. The van der Waals surface area contributed by atoms with E-state index >= 15 is 0 Å².